The van der Waals surface area contributed by atoms with Crippen LogP contribution in [0, 0.1) is 6.92 Å². The van der Waals surface area contributed by atoms with Crippen LogP contribution < -0.4 is 10.2 Å². The topological polar surface area (TPSA) is 128 Å². The monoisotopic (exact) mass is 739 g/mol. The summed E-state index contributed by atoms with van der Waals surface area (Å²) in [5.74, 6) is 0.160. The van der Waals surface area contributed by atoms with Crippen LogP contribution in [0.5, 0.6) is 0 Å². The molecule has 0 amide bonds. The third kappa shape index (κ3) is 7.96. The molecular formula is C37H45Cl2N6O4S+. The van der Waals surface area contributed by atoms with Gasteiger partial charge in [-0.25, -0.2) is 0 Å². The first-order chi connectivity index (χ1) is 23.5. The number of hydrogen-bond donors (Lipinski definition) is 2. The van der Waals surface area contributed by atoms with Crippen LogP contribution in [0.1, 0.15) is 83.4 Å². The molecule has 50 heavy (non-hydrogen) atoms. The average molecular weight is 741 g/mol. The molecule has 5 rings (SSSR count). The third-order valence-electron chi connectivity index (χ3n) is 9.53. The van der Waals surface area contributed by atoms with Gasteiger partial charge in [0.25, 0.3) is 10.1 Å². The minimum absolute atomic E-state index is 0.00976. The van der Waals surface area contributed by atoms with E-state index >= 15 is 0 Å². The molecule has 0 unspecified atom stereocenters. The number of fused-ring (bicyclic) bond motifs is 2. The summed E-state index contributed by atoms with van der Waals surface area (Å²) in [6.45, 7) is 14.6. The Kier molecular flexibility index (Phi) is 11.2. The number of halogens is 2. The summed E-state index contributed by atoms with van der Waals surface area (Å²) in [4.78, 5) is 26.2. The number of benzene rings is 2. The van der Waals surface area contributed by atoms with Crippen molar-refractivity contribution in [2.45, 2.75) is 89.4 Å². The zero-order valence-electron chi connectivity index (χ0n) is 29.4. The van der Waals surface area contributed by atoms with Gasteiger partial charge in [0.1, 0.15) is 6.54 Å². The third-order valence-corrected chi connectivity index (χ3v) is 10.7. The standard InChI is InChI=1S/C37H44Cl2N6O4S/c1-7-19-44-29-17-15-24(2)21-27(29)36(3,4)31(44)13-11-14-32-37(5,6)28-22-26(50(47,48)49)16-18-30(28)45(32)20-10-8-9-12-25(46)23-40-35-42-33(38)41-34(39)43-35/h11,13-18,21-22H,7-10,12,19-20,23H2,1-6H3,(H-,40,41,42,43,47,48,49)/p+1. The van der Waals surface area contributed by atoms with Crippen LogP contribution in [0.4, 0.5) is 17.3 Å². The Hall–Kier alpha value is -3.64. The molecule has 13 heteroatoms. The van der Waals surface area contributed by atoms with E-state index in [9.17, 15) is 17.8 Å². The van der Waals surface area contributed by atoms with Gasteiger partial charge >= 0.3 is 0 Å². The van der Waals surface area contributed by atoms with Crippen molar-refractivity contribution in [1.82, 2.24) is 15.0 Å². The second-order valence-electron chi connectivity index (χ2n) is 13.9. The van der Waals surface area contributed by atoms with Gasteiger partial charge < -0.3 is 10.2 Å². The predicted octanol–water partition coefficient (Wildman–Crippen LogP) is 8.00. The maximum atomic E-state index is 12.5. The molecule has 0 fully saturated rings. The number of anilines is 2. The van der Waals surface area contributed by atoms with Gasteiger partial charge in [-0.05, 0) is 92.7 Å². The molecule has 0 aliphatic carbocycles. The first-order valence-corrected chi connectivity index (χ1v) is 19.1. The van der Waals surface area contributed by atoms with Gasteiger partial charge in [0.2, 0.25) is 22.2 Å². The molecule has 2 aromatic carbocycles. The van der Waals surface area contributed by atoms with E-state index < -0.39 is 15.5 Å². The number of hydrogen-bond acceptors (Lipinski definition) is 8. The Morgan fingerprint density at radius 2 is 1.70 bits per heavy atom. The molecule has 10 nitrogen and oxygen atoms in total. The van der Waals surface area contributed by atoms with E-state index in [1.54, 1.807) is 12.1 Å². The van der Waals surface area contributed by atoms with Gasteiger partial charge in [-0.3, -0.25) is 9.35 Å². The molecule has 0 saturated heterocycles. The normalized spacial score (nSPS) is 17.1. The van der Waals surface area contributed by atoms with Crippen molar-refractivity contribution in [2.24, 2.45) is 0 Å². The molecule has 0 radical (unpaired) electrons. The number of unbranched alkanes of at least 4 members (excludes halogenated alkanes) is 2. The molecule has 3 heterocycles. The zero-order valence-corrected chi connectivity index (χ0v) is 31.8. The van der Waals surface area contributed by atoms with E-state index in [1.165, 1.54) is 28.6 Å². The number of nitrogens with one attached hydrogen (secondary N) is 1. The van der Waals surface area contributed by atoms with Crippen LogP contribution in [0.15, 0.2) is 65.2 Å². The highest BCUT2D eigenvalue weighted by Gasteiger charge is 2.44. The molecule has 0 atom stereocenters. The number of rotatable bonds is 14. The van der Waals surface area contributed by atoms with Gasteiger partial charge in [-0.15, -0.1) is 0 Å². The Balaban J connectivity index is 1.34. The Morgan fingerprint density at radius 1 is 0.980 bits per heavy atom. The number of aryl methyl sites for hydroxylation is 1. The van der Waals surface area contributed by atoms with Gasteiger partial charge in [0, 0.05) is 53.9 Å². The lowest BCUT2D eigenvalue weighted by Crippen LogP contribution is -2.28. The van der Waals surface area contributed by atoms with Gasteiger partial charge in [-0.2, -0.15) is 27.9 Å². The number of nitrogens with zero attached hydrogens (tertiary/aromatic N) is 5. The fourth-order valence-corrected chi connectivity index (χ4v) is 7.85. The molecule has 2 aliphatic rings. The number of Topliss-reactive ketones (excluding diaryl/α,β-unsaturated/α-hetero) is 1. The molecule has 0 bridgehead atoms. The lowest BCUT2D eigenvalue weighted by molar-refractivity contribution is -0.437. The first kappa shape index (κ1) is 37.6. The summed E-state index contributed by atoms with van der Waals surface area (Å²) in [7, 11) is -4.37. The van der Waals surface area contributed by atoms with Gasteiger partial charge in [0.15, 0.2) is 11.5 Å². The van der Waals surface area contributed by atoms with E-state index in [-0.39, 0.29) is 39.2 Å². The average Bonchev–Trinajstić information content (AvgIpc) is 3.37. The number of aromatic nitrogens is 3. The minimum Gasteiger partial charge on any atom is -0.347 e. The lowest BCUT2D eigenvalue weighted by Gasteiger charge is -2.27. The van der Waals surface area contributed by atoms with Crippen molar-refractivity contribution in [1.29, 1.82) is 0 Å². The van der Waals surface area contributed by atoms with Crippen LogP contribution in [-0.2, 0) is 25.7 Å². The summed E-state index contributed by atoms with van der Waals surface area (Å²) < 4.78 is 36.4. The Bertz CT molecular complexity index is 1990. The number of ketones is 1. The van der Waals surface area contributed by atoms with Crippen molar-refractivity contribution in [3.63, 3.8) is 0 Å². The van der Waals surface area contributed by atoms with Crippen LogP contribution in [0.2, 0.25) is 10.6 Å². The maximum Gasteiger partial charge on any atom is 0.294 e. The second kappa shape index (κ2) is 14.9. The van der Waals surface area contributed by atoms with Crippen molar-refractivity contribution in [2.75, 3.05) is 29.9 Å². The largest absolute Gasteiger partial charge is 0.347 e. The first-order valence-electron chi connectivity index (χ1n) is 16.9. The van der Waals surface area contributed by atoms with Crippen LogP contribution in [0.3, 0.4) is 0 Å². The van der Waals surface area contributed by atoms with E-state index in [1.807, 2.05) is 0 Å². The molecule has 0 spiro atoms. The molecular weight excluding hydrogens is 695 g/mol. The van der Waals surface area contributed by atoms with Crippen molar-refractivity contribution in [3.8, 4) is 0 Å². The summed E-state index contributed by atoms with van der Waals surface area (Å²) in [5, 5.41) is 2.74. The van der Waals surface area contributed by atoms with Crippen molar-refractivity contribution < 1.29 is 22.3 Å². The van der Waals surface area contributed by atoms with Crippen LogP contribution in [-0.4, -0.2) is 63.6 Å². The Labute approximate surface area is 305 Å². The van der Waals surface area contributed by atoms with Gasteiger partial charge in [-0.1, -0.05) is 44.9 Å². The molecule has 3 aromatic rings. The quantitative estimate of drug-likeness (QED) is 0.0960. The summed E-state index contributed by atoms with van der Waals surface area (Å²) in [5.41, 5.74) is 7.07. The number of carbonyl (C=O) groups excluding carboxylic acids is 1. The molecule has 2 N–H and O–H groups in total. The van der Waals surface area contributed by atoms with E-state index in [0.717, 1.165) is 42.8 Å². The zero-order chi connectivity index (χ0) is 36.4. The predicted molar refractivity (Wildman–Crippen MR) is 200 cm³/mol. The number of allylic oxidation sites excluding steroid dienone is 4. The summed E-state index contributed by atoms with van der Waals surface area (Å²) in [6.07, 6.45) is 10.2. The number of carbonyl (C=O) groups is 1. The minimum atomic E-state index is -4.37. The van der Waals surface area contributed by atoms with E-state index in [4.69, 9.17) is 23.2 Å². The lowest BCUT2D eigenvalue weighted by atomic mass is 9.80. The van der Waals surface area contributed by atoms with E-state index in [2.05, 4.69) is 108 Å². The Morgan fingerprint density at radius 3 is 2.38 bits per heavy atom. The fraction of sp³-hybridized carbons (Fsp3) is 0.432. The summed E-state index contributed by atoms with van der Waals surface area (Å²) in [6, 6.07) is 11.5. The van der Waals surface area contributed by atoms with Crippen LogP contribution >= 0.6 is 23.2 Å². The van der Waals surface area contributed by atoms with Crippen molar-refractivity contribution in [3.05, 3.63) is 87.6 Å². The second-order valence-corrected chi connectivity index (χ2v) is 16.0. The highest BCUT2D eigenvalue weighted by atomic mass is 35.5. The highest BCUT2D eigenvalue weighted by Crippen LogP contribution is 2.49. The molecule has 1 aromatic heterocycles. The smallest absolute Gasteiger partial charge is 0.294 e. The maximum absolute atomic E-state index is 12.5. The van der Waals surface area contributed by atoms with Crippen molar-refractivity contribution >= 4 is 62.1 Å². The molecule has 0 saturated carbocycles. The summed E-state index contributed by atoms with van der Waals surface area (Å²) >= 11 is 11.6. The van der Waals surface area contributed by atoms with Gasteiger partial charge in [0.05, 0.1) is 16.9 Å². The molecule has 266 valence electrons. The SMILES string of the molecule is CCC[N+]1=C(/C=C/C=C2/N(CCCCCC(=O)CNc3nc(Cl)nc(Cl)n3)c3ccc(S(=O)(=O)O)cc3C2(C)C)C(C)(C)c2cc(C)ccc21. The van der Waals surface area contributed by atoms with E-state index in [0.29, 0.717) is 19.4 Å². The van der Waals surface area contributed by atoms with Crippen LogP contribution in [0.25, 0.3) is 0 Å². The highest BCUT2D eigenvalue weighted by molar-refractivity contribution is 7.85. The fourth-order valence-electron chi connectivity index (χ4n) is 6.98. The molecule has 2 aliphatic heterocycles.